The van der Waals surface area contributed by atoms with Gasteiger partial charge < -0.3 is 78.4 Å². The monoisotopic (exact) mass is 1320 g/mol. The average molecular weight is 1320 g/mol. The van der Waals surface area contributed by atoms with Gasteiger partial charge >= 0.3 is 5.97 Å². The zero-order valence-electron chi connectivity index (χ0n) is 47.4. The van der Waals surface area contributed by atoms with Gasteiger partial charge in [0.2, 0.25) is 53.2 Å². The molecular formula is C54H77IN14O13S2. The van der Waals surface area contributed by atoms with Gasteiger partial charge in [-0.1, -0.05) is 71.8 Å². The lowest BCUT2D eigenvalue weighted by Gasteiger charge is -2.31. The smallest absolute Gasteiger partial charge is 0.305 e. The molecular weight excluding hydrogens is 1240 g/mol. The number of hydrogen-bond donors (Lipinski definition) is 14. The number of carboxylic acids is 1. The van der Waals surface area contributed by atoms with Gasteiger partial charge in [-0.25, -0.2) is 4.98 Å². The fourth-order valence-electron chi connectivity index (χ4n) is 9.25. The van der Waals surface area contributed by atoms with Crippen molar-refractivity contribution in [2.24, 2.45) is 5.92 Å². The number of benzene rings is 2. The minimum Gasteiger partial charge on any atom is -0.507 e. The van der Waals surface area contributed by atoms with Crippen LogP contribution in [0.4, 0.5) is 0 Å². The quantitative estimate of drug-likeness (QED) is 0.0326. The molecule has 9 amide bonds. The molecule has 460 valence electrons. The first-order chi connectivity index (χ1) is 40.1. The number of H-pyrrole nitrogens is 1. The van der Waals surface area contributed by atoms with Crippen LogP contribution in [-0.2, 0) is 67.2 Å². The van der Waals surface area contributed by atoms with Gasteiger partial charge in [-0.05, 0) is 72.3 Å². The number of nitrogens with zero attached hydrogens (tertiary/aromatic N) is 3. The third-order valence-corrected chi connectivity index (χ3v) is 16.9. The van der Waals surface area contributed by atoms with Crippen LogP contribution in [0.2, 0.25) is 0 Å². The van der Waals surface area contributed by atoms with Crippen LogP contribution in [0.1, 0.15) is 49.9 Å². The number of carbonyl (C=O) groups excluding carboxylic acids is 9. The molecule has 3 aromatic rings. The van der Waals surface area contributed by atoms with E-state index >= 15 is 4.79 Å². The number of aliphatic carboxylic acids is 1. The van der Waals surface area contributed by atoms with Crippen molar-refractivity contribution >= 4 is 103 Å². The van der Waals surface area contributed by atoms with Gasteiger partial charge in [0.1, 0.15) is 54.1 Å². The normalized spacial score (nSPS) is 21.9. The van der Waals surface area contributed by atoms with Crippen LogP contribution in [0.15, 0.2) is 61.1 Å². The number of phenolic OH excluding ortho intramolecular Hbond substituents is 1. The number of carboxylic acid groups (broad SMARTS) is 1. The van der Waals surface area contributed by atoms with E-state index in [9.17, 15) is 58.5 Å². The maximum absolute atomic E-state index is 15.1. The summed E-state index contributed by atoms with van der Waals surface area (Å²) in [5.41, 5.74) is 1.51. The molecule has 5 rings (SSSR count). The Hall–Kier alpha value is -6.58. The van der Waals surface area contributed by atoms with Gasteiger partial charge in [0.25, 0.3) is 0 Å². The van der Waals surface area contributed by atoms with Crippen LogP contribution in [0.25, 0.3) is 0 Å². The molecule has 1 aromatic heterocycles. The van der Waals surface area contributed by atoms with E-state index in [1.165, 1.54) is 37.8 Å². The fourth-order valence-corrected chi connectivity index (χ4v) is 12.1. The second-order valence-electron chi connectivity index (χ2n) is 20.7. The third kappa shape index (κ3) is 21.8. The molecule has 30 heteroatoms. The number of aromatic nitrogens is 2. The summed E-state index contributed by atoms with van der Waals surface area (Å²) in [6.45, 7) is 5.31. The van der Waals surface area contributed by atoms with Crippen LogP contribution in [0.3, 0.4) is 0 Å². The van der Waals surface area contributed by atoms with E-state index in [4.69, 9.17) is 0 Å². The lowest BCUT2D eigenvalue weighted by Crippen LogP contribution is -2.61. The first-order valence-corrected chi connectivity index (χ1v) is 30.9. The van der Waals surface area contributed by atoms with E-state index in [0.29, 0.717) is 46.6 Å². The molecule has 0 spiro atoms. The Bertz CT molecular complexity index is 2730. The summed E-state index contributed by atoms with van der Waals surface area (Å²) < 4.78 is 0.378. The molecule has 2 aliphatic heterocycles. The van der Waals surface area contributed by atoms with Crippen molar-refractivity contribution in [3.05, 3.63) is 81.4 Å². The van der Waals surface area contributed by atoms with Gasteiger partial charge in [0.15, 0.2) is 0 Å². The molecule has 0 bridgehead atoms. The second-order valence-corrected chi connectivity index (χ2v) is 24.5. The van der Waals surface area contributed by atoms with E-state index in [1.54, 1.807) is 58.3 Å². The number of fused-ring (bicyclic) bond motifs is 1. The molecule has 2 aromatic carbocycles. The summed E-state index contributed by atoms with van der Waals surface area (Å²) in [4.78, 5) is 151. The van der Waals surface area contributed by atoms with Gasteiger partial charge in [0.05, 0.1) is 29.0 Å². The molecule has 1 unspecified atom stereocenters. The zero-order valence-corrected chi connectivity index (χ0v) is 51.2. The van der Waals surface area contributed by atoms with Crippen molar-refractivity contribution < 1.29 is 63.3 Å². The van der Waals surface area contributed by atoms with Crippen molar-refractivity contribution in [2.45, 2.75) is 107 Å². The predicted molar refractivity (Wildman–Crippen MR) is 322 cm³/mol. The summed E-state index contributed by atoms with van der Waals surface area (Å²) in [6, 6.07) is 1.64. The van der Waals surface area contributed by atoms with Crippen LogP contribution in [0.5, 0.6) is 5.75 Å². The highest BCUT2D eigenvalue weighted by atomic mass is 127. The van der Waals surface area contributed by atoms with Crippen LogP contribution in [-0.4, -0.2) is 221 Å². The summed E-state index contributed by atoms with van der Waals surface area (Å²) in [5, 5.41) is 58.7. The Labute approximate surface area is 508 Å². The minimum absolute atomic E-state index is 0.0103. The van der Waals surface area contributed by atoms with E-state index in [-0.39, 0.29) is 61.8 Å². The van der Waals surface area contributed by atoms with E-state index in [2.05, 4.69) is 63.1 Å². The minimum atomic E-state index is -1.81. The molecule has 0 aliphatic carbocycles. The number of likely N-dealkylation sites (N-methyl/N-ethyl adjacent to an activating group) is 3. The zero-order chi connectivity index (χ0) is 61.5. The number of carbonyl (C=O) groups is 10. The molecule has 2 saturated heterocycles. The maximum atomic E-state index is 15.1. The van der Waals surface area contributed by atoms with Gasteiger partial charge in [-0.2, -0.15) is 0 Å². The lowest BCUT2D eigenvalue weighted by molar-refractivity contribution is -0.142. The number of halogens is 1. The number of imidazole rings is 1. The van der Waals surface area contributed by atoms with Crippen molar-refractivity contribution in [1.82, 2.24) is 72.9 Å². The van der Waals surface area contributed by atoms with Gasteiger partial charge in [-0.15, -0.1) is 0 Å². The number of aromatic hydroxyl groups is 1. The van der Waals surface area contributed by atoms with Crippen molar-refractivity contribution in [1.29, 1.82) is 0 Å². The molecule has 3 heterocycles. The second kappa shape index (κ2) is 34.4. The predicted octanol–water partition coefficient (Wildman–Crippen LogP) is -2.49. The standard InChI is InChI=1S/C54H77IN14O13S2/c1-30(2)17-36-48(76)66-41(47(75)58-5)27-83-84-28-42(54(82)69-25-34(70)22-43(69)53(81)65-38(20-32-11-12-44(71)35(55)18-32)50(78)64-40(23-46(73)74)52(80)62-36)67-51(79)39(21-33-24-59-29-60-33)63-49(77)37(19-31-9-7-6-8-10-31)61-45(72)26-68(15-13-56-3)16-14-57-4/h6-12,18,24,29-30,34,36-43,56-57,70-71H,13-17,19-23,25-28H2,1-5H3,(H,58,75)(H,59,60)(H,61,72)(H,62,80)(H,63,77)(H,64,78)(H,65,81)(H,66,76)(H,67,79)(H,73,74)/t34?,36-,37-,38-,39-,40-,41-,42-,43-/m0/s1. The Morgan fingerprint density at radius 1 is 0.798 bits per heavy atom. The summed E-state index contributed by atoms with van der Waals surface area (Å²) >= 11 is 1.86. The highest BCUT2D eigenvalue weighted by Crippen LogP contribution is 2.27. The number of aliphatic hydroxyl groups excluding tert-OH is 1. The highest BCUT2D eigenvalue weighted by Gasteiger charge is 2.44. The number of nitrogens with one attached hydrogen (secondary N) is 11. The van der Waals surface area contributed by atoms with Crippen LogP contribution in [0, 0.1) is 9.49 Å². The molecule has 0 radical (unpaired) electrons. The highest BCUT2D eigenvalue weighted by molar-refractivity contribution is 14.1. The SMILES string of the molecule is CNCCN(CCNC)CC(=O)N[C@@H](Cc1ccccc1)C(=O)N[C@@H](Cc1cnc[nH]1)C(=O)N[C@H]1CSSC[C@@H](C(=O)NC)NC(=O)[C@H](CC(C)C)NC(=O)[C@H](CC(=O)O)NC(=O)[C@H](Cc2ccc(O)c(I)c2)NC(=O)[C@@H]2CC(O)CN2C1=O. The topological polar surface area (TPSA) is 387 Å². The number of amides is 9. The van der Waals surface area contributed by atoms with Gasteiger partial charge in [0, 0.05) is 88.9 Å². The van der Waals surface area contributed by atoms with E-state index < -0.39 is 127 Å². The number of aliphatic hydroxyl groups is 1. The van der Waals surface area contributed by atoms with E-state index in [0.717, 1.165) is 26.5 Å². The third-order valence-electron chi connectivity index (χ3n) is 13.6. The Kier molecular flexibility index (Phi) is 27.9. The molecule has 27 nitrogen and oxygen atoms in total. The summed E-state index contributed by atoms with van der Waals surface area (Å²) in [6.07, 6.45) is -0.225. The molecule has 2 fully saturated rings. The first-order valence-electron chi connectivity index (χ1n) is 27.4. The molecule has 2 aliphatic rings. The van der Waals surface area contributed by atoms with E-state index in [1.807, 2.05) is 27.5 Å². The Morgan fingerprint density at radius 2 is 1.44 bits per heavy atom. The molecule has 14 N–H and O–H groups in total. The van der Waals surface area contributed by atoms with Crippen LogP contribution >= 0.6 is 44.2 Å². The number of aromatic amines is 1. The lowest BCUT2D eigenvalue weighted by atomic mass is 10.0. The number of hydrogen-bond acceptors (Lipinski definition) is 18. The van der Waals surface area contributed by atoms with Crippen molar-refractivity contribution in [2.75, 3.05) is 71.9 Å². The number of phenols is 1. The molecule has 84 heavy (non-hydrogen) atoms. The Morgan fingerprint density at radius 3 is 2.07 bits per heavy atom. The first kappa shape index (κ1) is 68.2. The summed E-state index contributed by atoms with van der Waals surface area (Å²) in [5.74, 6) is -9.66. The maximum Gasteiger partial charge on any atom is 0.305 e. The average Bonchev–Trinajstić information content (AvgIpc) is 3.46. The summed E-state index contributed by atoms with van der Waals surface area (Å²) in [7, 11) is 6.97. The van der Waals surface area contributed by atoms with Crippen LogP contribution < -0.4 is 53.2 Å². The van der Waals surface area contributed by atoms with Crippen molar-refractivity contribution in [3.63, 3.8) is 0 Å². The fraction of sp³-hybridized carbons (Fsp3) is 0.537. The molecule has 0 saturated carbocycles. The molecule has 9 atom stereocenters. The van der Waals surface area contributed by atoms with Gasteiger partial charge in [-0.3, -0.25) is 52.8 Å². The van der Waals surface area contributed by atoms with Crippen molar-refractivity contribution in [3.8, 4) is 5.75 Å². The number of rotatable bonds is 24. The Balaban J connectivity index is 1.54. The largest absolute Gasteiger partial charge is 0.507 e.